The molecule has 13 heavy (non-hydrogen) atoms. The molecule has 80 valence electrons. The van der Waals surface area contributed by atoms with Crippen LogP contribution in [0.1, 0.15) is 27.2 Å². The quantitative estimate of drug-likeness (QED) is 0.593. The summed E-state index contributed by atoms with van der Waals surface area (Å²) in [7, 11) is 1.50. The molecule has 0 aromatic heterocycles. The lowest BCUT2D eigenvalue weighted by Crippen LogP contribution is -2.57. The van der Waals surface area contributed by atoms with Crippen LogP contribution < -0.4 is 0 Å². The van der Waals surface area contributed by atoms with E-state index < -0.39 is 8.72 Å². The third-order valence-corrected chi connectivity index (χ3v) is 6.45. The first kappa shape index (κ1) is 13.1. The van der Waals surface area contributed by atoms with Gasteiger partial charge in [0.1, 0.15) is 0 Å². The van der Waals surface area contributed by atoms with Crippen molar-refractivity contribution in [3.63, 3.8) is 0 Å². The van der Waals surface area contributed by atoms with Crippen LogP contribution in [-0.2, 0) is 8.85 Å². The van der Waals surface area contributed by atoms with Gasteiger partial charge in [0.15, 0.2) is 0 Å². The Morgan fingerprint density at radius 2 is 1.46 bits per heavy atom. The standard InChI is InChI=1S/C9H23NO2Si/c1-6-9-13(11-4,12-5)10(7-2)8-3/h6-9H2,1-5H3. The average Bonchev–Trinajstić information content (AvgIpc) is 2.18. The van der Waals surface area contributed by atoms with E-state index in [0.717, 1.165) is 25.6 Å². The molecule has 0 amide bonds. The molecule has 0 bridgehead atoms. The van der Waals surface area contributed by atoms with Gasteiger partial charge in [-0.15, -0.1) is 0 Å². The second-order valence-electron chi connectivity index (χ2n) is 3.04. The Morgan fingerprint density at radius 3 is 1.69 bits per heavy atom. The first-order chi connectivity index (χ1) is 6.20. The molecule has 0 saturated heterocycles. The van der Waals surface area contributed by atoms with Gasteiger partial charge in [0.05, 0.1) is 0 Å². The first-order valence-corrected chi connectivity index (χ1v) is 7.03. The highest BCUT2D eigenvalue weighted by atomic mass is 28.4. The van der Waals surface area contributed by atoms with Crippen molar-refractivity contribution in [1.29, 1.82) is 0 Å². The van der Waals surface area contributed by atoms with Gasteiger partial charge in [-0.1, -0.05) is 27.2 Å². The minimum Gasteiger partial charge on any atom is -0.386 e. The Morgan fingerprint density at radius 1 is 1.00 bits per heavy atom. The van der Waals surface area contributed by atoms with E-state index in [2.05, 4.69) is 25.3 Å². The Labute approximate surface area is 83.4 Å². The summed E-state index contributed by atoms with van der Waals surface area (Å²) >= 11 is 0. The van der Waals surface area contributed by atoms with Crippen molar-refractivity contribution >= 4 is 8.72 Å². The van der Waals surface area contributed by atoms with E-state index in [1.807, 2.05) is 0 Å². The minimum atomic E-state index is -2.04. The van der Waals surface area contributed by atoms with Gasteiger partial charge in [-0.05, 0) is 13.1 Å². The van der Waals surface area contributed by atoms with Crippen LogP contribution in [0, 0.1) is 0 Å². The molecule has 0 aliphatic heterocycles. The molecule has 3 nitrogen and oxygen atoms in total. The average molecular weight is 205 g/mol. The Bertz CT molecular complexity index is 125. The fourth-order valence-electron chi connectivity index (χ4n) is 1.73. The minimum absolute atomic E-state index is 1.00. The molecular weight excluding hydrogens is 182 g/mol. The van der Waals surface area contributed by atoms with E-state index in [4.69, 9.17) is 8.85 Å². The summed E-state index contributed by atoms with van der Waals surface area (Å²) in [4.78, 5) is 0. The molecule has 0 unspecified atom stereocenters. The van der Waals surface area contributed by atoms with Gasteiger partial charge in [0.25, 0.3) is 0 Å². The maximum absolute atomic E-state index is 5.61. The van der Waals surface area contributed by atoms with Crippen LogP contribution in [0.5, 0.6) is 0 Å². The van der Waals surface area contributed by atoms with Crippen LogP contribution in [0.3, 0.4) is 0 Å². The third-order valence-electron chi connectivity index (χ3n) is 2.45. The van der Waals surface area contributed by atoms with Crippen molar-refractivity contribution in [3.05, 3.63) is 0 Å². The second kappa shape index (κ2) is 6.54. The molecule has 0 heterocycles. The van der Waals surface area contributed by atoms with Crippen molar-refractivity contribution in [2.45, 2.75) is 33.2 Å². The molecule has 0 rings (SSSR count). The van der Waals surface area contributed by atoms with Crippen LogP contribution >= 0.6 is 0 Å². The molecule has 0 aliphatic carbocycles. The summed E-state index contributed by atoms with van der Waals surface area (Å²) < 4.78 is 13.6. The van der Waals surface area contributed by atoms with E-state index >= 15 is 0 Å². The van der Waals surface area contributed by atoms with E-state index in [9.17, 15) is 0 Å². The summed E-state index contributed by atoms with van der Waals surface area (Å²) in [6.45, 7) is 8.48. The molecule has 0 spiro atoms. The highest BCUT2D eigenvalue weighted by Gasteiger charge is 2.40. The van der Waals surface area contributed by atoms with Gasteiger partial charge in [0, 0.05) is 20.3 Å². The maximum Gasteiger partial charge on any atom is 0.427 e. The zero-order chi connectivity index (χ0) is 10.3. The maximum atomic E-state index is 5.61. The van der Waals surface area contributed by atoms with Crippen molar-refractivity contribution < 1.29 is 8.85 Å². The number of hydrogen-bond acceptors (Lipinski definition) is 3. The molecule has 4 heteroatoms. The number of hydrogen-bond donors (Lipinski definition) is 0. The lowest BCUT2D eigenvalue weighted by molar-refractivity contribution is 0.167. The molecule has 0 saturated carbocycles. The summed E-state index contributed by atoms with van der Waals surface area (Å²) in [6.07, 6.45) is 1.12. The fourth-order valence-corrected chi connectivity index (χ4v) is 4.73. The monoisotopic (exact) mass is 205 g/mol. The van der Waals surface area contributed by atoms with Crippen LogP contribution in [0.4, 0.5) is 0 Å². The van der Waals surface area contributed by atoms with Crippen LogP contribution in [0.15, 0.2) is 0 Å². The Balaban J connectivity index is 4.50. The van der Waals surface area contributed by atoms with E-state index in [-0.39, 0.29) is 0 Å². The molecular formula is C9H23NO2Si. The van der Waals surface area contributed by atoms with Gasteiger partial charge < -0.3 is 8.85 Å². The summed E-state index contributed by atoms with van der Waals surface area (Å²) in [5.74, 6) is 0. The molecule has 0 fully saturated rings. The Kier molecular flexibility index (Phi) is 6.58. The second-order valence-corrected chi connectivity index (χ2v) is 6.42. The third kappa shape index (κ3) is 3.05. The van der Waals surface area contributed by atoms with Crippen LogP contribution in [0.25, 0.3) is 0 Å². The van der Waals surface area contributed by atoms with Gasteiger partial charge in [0.2, 0.25) is 0 Å². The van der Waals surface area contributed by atoms with Gasteiger partial charge in [-0.25, -0.2) is 0 Å². The van der Waals surface area contributed by atoms with Crippen LogP contribution in [-0.4, -0.2) is 40.6 Å². The van der Waals surface area contributed by atoms with Crippen molar-refractivity contribution in [2.24, 2.45) is 0 Å². The highest BCUT2D eigenvalue weighted by Crippen LogP contribution is 2.18. The fraction of sp³-hybridized carbons (Fsp3) is 1.00. The van der Waals surface area contributed by atoms with Crippen molar-refractivity contribution in [2.75, 3.05) is 27.3 Å². The SMILES string of the molecule is CCC[Si](OC)(OC)N(CC)CC. The zero-order valence-corrected chi connectivity index (χ0v) is 10.6. The molecule has 0 aromatic rings. The summed E-state index contributed by atoms with van der Waals surface area (Å²) in [6, 6.07) is 1.04. The lowest BCUT2D eigenvalue weighted by atomic mass is 10.6. The van der Waals surface area contributed by atoms with E-state index in [0.29, 0.717) is 0 Å². The molecule has 0 N–H and O–H groups in total. The molecule has 0 atom stereocenters. The van der Waals surface area contributed by atoms with Gasteiger partial charge in [-0.3, -0.25) is 4.57 Å². The predicted molar refractivity (Wildman–Crippen MR) is 57.8 cm³/mol. The normalized spacial score (nSPS) is 12.5. The lowest BCUT2D eigenvalue weighted by Gasteiger charge is -2.36. The smallest absolute Gasteiger partial charge is 0.386 e. The zero-order valence-electron chi connectivity index (χ0n) is 9.59. The largest absolute Gasteiger partial charge is 0.427 e. The predicted octanol–water partition coefficient (Wildman–Crippen LogP) is 1.97. The molecule has 0 aromatic carbocycles. The van der Waals surface area contributed by atoms with Gasteiger partial charge >= 0.3 is 8.72 Å². The molecule has 0 aliphatic rings. The van der Waals surface area contributed by atoms with Crippen molar-refractivity contribution in [3.8, 4) is 0 Å². The summed E-state index contributed by atoms with van der Waals surface area (Å²) in [5.41, 5.74) is 0. The topological polar surface area (TPSA) is 21.7 Å². The number of rotatable bonds is 7. The van der Waals surface area contributed by atoms with E-state index in [1.165, 1.54) is 0 Å². The highest BCUT2D eigenvalue weighted by molar-refractivity contribution is 6.64. The Hall–Kier alpha value is 0.0969. The van der Waals surface area contributed by atoms with Crippen molar-refractivity contribution in [1.82, 2.24) is 4.57 Å². The van der Waals surface area contributed by atoms with E-state index in [1.54, 1.807) is 14.2 Å². The van der Waals surface area contributed by atoms with Gasteiger partial charge in [-0.2, -0.15) is 0 Å². The first-order valence-electron chi connectivity index (χ1n) is 5.06. The number of nitrogens with zero attached hydrogens (tertiary/aromatic N) is 1. The van der Waals surface area contributed by atoms with Crippen LogP contribution in [0.2, 0.25) is 6.04 Å². The summed E-state index contributed by atoms with van der Waals surface area (Å²) in [5, 5.41) is 0. The molecule has 0 radical (unpaired) electrons.